The first-order valence-electron chi connectivity index (χ1n) is 5.75. The summed E-state index contributed by atoms with van der Waals surface area (Å²) in [6.07, 6.45) is -0.324. The second-order valence-corrected chi connectivity index (χ2v) is 5.10. The van der Waals surface area contributed by atoms with E-state index in [-0.39, 0.29) is 12.0 Å². The summed E-state index contributed by atoms with van der Waals surface area (Å²) in [5.74, 6) is -0.360. The second kappa shape index (κ2) is 3.93. The molecule has 2 fully saturated rings. The highest BCUT2D eigenvalue weighted by atomic mass is 19.4. The monoisotopic (exact) mass is 235 g/mol. The lowest BCUT2D eigenvalue weighted by Gasteiger charge is -2.28. The van der Waals surface area contributed by atoms with Crippen LogP contribution in [0.4, 0.5) is 13.2 Å². The fourth-order valence-electron chi connectivity index (χ4n) is 3.30. The molecular weight excluding hydrogens is 219 g/mol. The van der Waals surface area contributed by atoms with Crippen molar-refractivity contribution in [2.24, 2.45) is 17.8 Å². The number of fused-ring (bicyclic) bond motifs is 2. The van der Waals surface area contributed by atoms with Crippen LogP contribution in [0.1, 0.15) is 32.6 Å². The summed E-state index contributed by atoms with van der Waals surface area (Å²) in [7, 11) is 0. The van der Waals surface area contributed by atoms with Crippen LogP contribution in [0.25, 0.3) is 0 Å². The fraction of sp³-hybridized carbons (Fsp3) is 0.909. The number of rotatable bonds is 2. The zero-order valence-electron chi connectivity index (χ0n) is 9.18. The molecule has 2 aliphatic carbocycles. The molecular formula is C11H16F3NO. The van der Waals surface area contributed by atoms with E-state index in [1.54, 1.807) is 6.92 Å². The maximum atomic E-state index is 12.1. The Morgan fingerprint density at radius 2 is 2.00 bits per heavy atom. The smallest absolute Gasteiger partial charge is 0.346 e. The molecule has 92 valence electrons. The Kier molecular flexibility index (Phi) is 2.88. The molecule has 0 saturated heterocycles. The minimum Gasteiger partial charge on any atom is -0.346 e. The van der Waals surface area contributed by atoms with Gasteiger partial charge in [0.25, 0.3) is 0 Å². The molecule has 0 aliphatic heterocycles. The van der Waals surface area contributed by atoms with Gasteiger partial charge in [0.1, 0.15) is 0 Å². The van der Waals surface area contributed by atoms with E-state index >= 15 is 0 Å². The van der Waals surface area contributed by atoms with Gasteiger partial charge in [-0.3, -0.25) is 4.79 Å². The molecule has 0 aromatic heterocycles. The molecule has 16 heavy (non-hydrogen) atoms. The van der Waals surface area contributed by atoms with Crippen LogP contribution < -0.4 is 5.32 Å². The third-order valence-corrected chi connectivity index (χ3v) is 4.05. The van der Waals surface area contributed by atoms with E-state index in [1.807, 2.05) is 0 Å². The number of carbonyl (C=O) groups is 1. The van der Waals surface area contributed by atoms with Gasteiger partial charge in [-0.15, -0.1) is 0 Å². The fourth-order valence-corrected chi connectivity index (χ4v) is 3.30. The highest BCUT2D eigenvalue weighted by molar-refractivity contribution is 5.81. The molecule has 4 atom stereocenters. The van der Waals surface area contributed by atoms with E-state index in [2.05, 4.69) is 5.32 Å². The van der Waals surface area contributed by atoms with Crippen LogP contribution in [0.5, 0.6) is 0 Å². The van der Waals surface area contributed by atoms with Gasteiger partial charge in [-0.05, 0) is 43.9 Å². The molecule has 0 spiro atoms. The van der Waals surface area contributed by atoms with Gasteiger partial charge in [0.15, 0.2) is 0 Å². The van der Waals surface area contributed by atoms with Gasteiger partial charge in [-0.25, -0.2) is 0 Å². The number of amides is 1. The van der Waals surface area contributed by atoms with Gasteiger partial charge in [-0.1, -0.05) is 6.42 Å². The van der Waals surface area contributed by atoms with E-state index in [9.17, 15) is 18.0 Å². The molecule has 1 N–H and O–H groups in total. The lowest BCUT2D eigenvalue weighted by molar-refractivity contribution is -0.174. The van der Waals surface area contributed by atoms with Crippen molar-refractivity contribution in [2.45, 2.75) is 44.8 Å². The van der Waals surface area contributed by atoms with Crippen molar-refractivity contribution in [3.63, 3.8) is 0 Å². The van der Waals surface area contributed by atoms with Gasteiger partial charge >= 0.3 is 12.1 Å². The molecule has 2 nitrogen and oxygen atoms in total. The number of alkyl halides is 3. The molecule has 0 aromatic rings. The standard InChI is InChI=1S/C11H16F3NO/c1-6(15-10(16)11(12,13)14)9-5-7-2-3-8(9)4-7/h6-9H,2-5H2,1H3,(H,15,16). The Hall–Kier alpha value is -0.740. The predicted octanol–water partition coefficient (Wildman–Crippen LogP) is 2.49. The summed E-state index contributed by atoms with van der Waals surface area (Å²) in [4.78, 5) is 10.8. The predicted molar refractivity (Wildman–Crippen MR) is 52.6 cm³/mol. The average Bonchev–Trinajstić information content (AvgIpc) is 2.76. The molecule has 5 heteroatoms. The number of hydrogen-bond acceptors (Lipinski definition) is 1. The quantitative estimate of drug-likeness (QED) is 0.782. The van der Waals surface area contributed by atoms with Gasteiger partial charge in [0, 0.05) is 6.04 Å². The van der Waals surface area contributed by atoms with Crippen molar-refractivity contribution in [3.05, 3.63) is 0 Å². The van der Waals surface area contributed by atoms with Crippen molar-refractivity contribution in [1.29, 1.82) is 0 Å². The molecule has 2 aliphatic rings. The zero-order valence-corrected chi connectivity index (χ0v) is 9.18. The van der Waals surface area contributed by atoms with Gasteiger partial charge in [0.2, 0.25) is 0 Å². The Morgan fingerprint density at radius 3 is 2.44 bits per heavy atom. The molecule has 0 aromatic carbocycles. The van der Waals surface area contributed by atoms with Gasteiger partial charge in [-0.2, -0.15) is 13.2 Å². The van der Waals surface area contributed by atoms with Crippen LogP contribution in [-0.2, 0) is 4.79 Å². The highest BCUT2D eigenvalue weighted by Crippen LogP contribution is 2.49. The molecule has 2 saturated carbocycles. The van der Waals surface area contributed by atoms with Crippen LogP contribution in [0, 0.1) is 17.8 Å². The topological polar surface area (TPSA) is 29.1 Å². The molecule has 2 bridgehead atoms. The maximum Gasteiger partial charge on any atom is 0.471 e. The lowest BCUT2D eigenvalue weighted by atomic mass is 9.84. The van der Waals surface area contributed by atoms with Crippen molar-refractivity contribution in [2.75, 3.05) is 0 Å². The first-order valence-corrected chi connectivity index (χ1v) is 5.75. The van der Waals surface area contributed by atoms with Crippen molar-refractivity contribution in [3.8, 4) is 0 Å². The Bertz CT molecular complexity index is 289. The van der Waals surface area contributed by atoms with Crippen molar-refractivity contribution < 1.29 is 18.0 Å². The second-order valence-electron chi connectivity index (χ2n) is 5.10. The van der Waals surface area contributed by atoms with Gasteiger partial charge < -0.3 is 5.32 Å². The summed E-state index contributed by atoms with van der Waals surface area (Å²) in [5, 5.41) is 2.08. The summed E-state index contributed by atoms with van der Waals surface area (Å²) in [5.41, 5.74) is 0. The summed E-state index contributed by atoms with van der Waals surface area (Å²) >= 11 is 0. The Morgan fingerprint density at radius 1 is 1.31 bits per heavy atom. The minimum absolute atomic E-state index is 0.241. The van der Waals surface area contributed by atoms with E-state index < -0.39 is 12.1 Å². The summed E-state index contributed by atoms with van der Waals surface area (Å²) in [6, 6.07) is -0.357. The Labute approximate surface area is 92.6 Å². The SMILES string of the molecule is CC(NC(=O)C(F)(F)F)C1CC2CCC1C2. The normalized spacial score (nSPS) is 35.1. The molecule has 4 unspecified atom stereocenters. The van der Waals surface area contributed by atoms with Crippen LogP contribution in [-0.4, -0.2) is 18.1 Å². The first kappa shape index (κ1) is 11.7. The zero-order chi connectivity index (χ0) is 11.9. The number of carbonyl (C=O) groups excluding carboxylic acids is 1. The number of nitrogens with one attached hydrogen (secondary N) is 1. The molecule has 1 amide bonds. The number of hydrogen-bond donors (Lipinski definition) is 1. The van der Waals surface area contributed by atoms with Crippen LogP contribution in [0.15, 0.2) is 0 Å². The Balaban J connectivity index is 1.89. The van der Waals surface area contributed by atoms with Crippen LogP contribution in [0.3, 0.4) is 0 Å². The largest absolute Gasteiger partial charge is 0.471 e. The van der Waals surface area contributed by atoms with Crippen LogP contribution in [0.2, 0.25) is 0 Å². The summed E-state index contributed by atoms with van der Waals surface area (Å²) < 4.78 is 36.2. The molecule has 0 radical (unpaired) electrons. The summed E-state index contributed by atoms with van der Waals surface area (Å²) in [6.45, 7) is 1.69. The van der Waals surface area contributed by atoms with E-state index in [0.717, 1.165) is 19.3 Å². The van der Waals surface area contributed by atoms with Crippen molar-refractivity contribution in [1.82, 2.24) is 5.32 Å². The lowest BCUT2D eigenvalue weighted by Crippen LogP contribution is -2.46. The first-order chi connectivity index (χ1) is 7.38. The minimum atomic E-state index is -4.76. The van der Waals surface area contributed by atoms with E-state index in [1.165, 1.54) is 6.42 Å². The number of halogens is 3. The van der Waals surface area contributed by atoms with E-state index in [4.69, 9.17) is 0 Å². The molecule has 0 heterocycles. The van der Waals surface area contributed by atoms with Gasteiger partial charge in [0.05, 0.1) is 0 Å². The highest BCUT2D eigenvalue weighted by Gasteiger charge is 2.45. The third-order valence-electron chi connectivity index (χ3n) is 4.05. The maximum absolute atomic E-state index is 12.1. The average molecular weight is 235 g/mol. The van der Waals surface area contributed by atoms with Crippen molar-refractivity contribution >= 4 is 5.91 Å². The van der Waals surface area contributed by atoms with Crippen LogP contribution >= 0.6 is 0 Å². The molecule has 2 rings (SSSR count). The third kappa shape index (κ3) is 2.18. The van der Waals surface area contributed by atoms with E-state index in [0.29, 0.717) is 11.8 Å².